The lowest BCUT2D eigenvalue weighted by Crippen LogP contribution is -3.05. The van der Waals surface area contributed by atoms with Gasteiger partial charge in [-0.1, -0.05) is 29.5 Å². The summed E-state index contributed by atoms with van der Waals surface area (Å²) in [6, 6.07) is 9.41. The summed E-state index contributed by atoms with van der Waals surface area (Å²) in [5, 5.41) is 0.386. The Morgan fingerprint density at radius 3 is 2.67 bits per heavy atom. The molecule has 4 nitrogen and oxygen atoms in total. The highest BCUT2D eigenvalue weighted by molar-refractivity contribution is 7.22. The predicted octanol–water partition coefficient (Wildman–Crippen LogP) is 3.06. The monoisotopic (exact) mass is 390 g/mol. The van der Waals surface area contributed by atoms with Crippen LogP contribution in [0.25, 0.3) is 10.2 Å². The van der Waals surface area contributed by atoms with Gasteiger partial charge in [-0.05, 0) is 24.6 Å². The Bertz CT molecular complexity index is 971. The fraction of sp³-hybridized carbons (Fsp3) is 0.300. The number of nitrogens with zero attached hydrogens (tertiary/aromatic N) is 2. The number of rotatable bonds is 6. The lowest BCUT2D eigenvalue weighted by molar-refractivity contribution is -0.858. The van der Waals surface area contributed by atoms with Crippen molar-refractivity contribution in [1.82, 2.24) is 4.98 Å². The highest BCUT2D eigenvalue weighted by atomic mass is 32.1. The second-order valence-corrected chi connectivity index (χ2v) is 7.82. The van der Waals surface area contributed by atoms with E-state index in [0.29, 0.717) is 21.9 Å². The zero-order chi connectivity index (χ0) is 19.6. The molecule has 3 rings (SSSR count). The van der Waals surface area contributed by atoms with Gasteiger partial charge in [0.15, 0.2) is 10.9 Å². The molecule has 142 valence electrons. The third-order valence-corrected chi connectivity index (χ3v) is 5.34. The van der Waals surface area contributed by atoms with Crippen molar-refractivity contribution in [3.63, 3.8) is 0 Å². The summed E-state index contributed by atoms with van der Waals surface area (Å²) < 4.78 is 28.0. The molecular formula is C20H22F2N3OS+. The van der Waals surface area contributed by atoms with Gasteiger partial charge in [0.2, 0.25) is 0 Å². The normalized spacial score (nSPS) is 11.3. The summed E-state index contributed by atoms with van der Waals surface area (Å²) in [6.45, 7) is 3.22. The number of benzene rings is 2. The quantitative estimate of drug-likeness (QED) is 0.703. The zero-order valence-corrected chi connectivity index (χ0v) is 16.4. The van der Waals surface area contributed by atoms with E-state index in [1.807, 2.05) is 39.2 Å². The molecular weight excluding hydrogens is 368 g/mol. The SMILES string of the molecule is Cc1ccccc1C(=O)N(CCC[NH+](C)C)c1nc2c(F)cc(F)cc2s1. The Labute approximate surface area is 161 Å². The van der Waals surface area contributed by atoms with E-state index in [1.54, 1.807) is 11.0 Å². The molecule has 27 heavy (non-hydrogen) atoms. The van der Waals surface area contributed by atoms with Crippen LogP contribution in [0.1, 0.15) is 22.3 Å². The summed E-state index contributed by atoms with van der Waals surface area (Å²) in [4.78, 5) is 20.3. The largest absolute Gasteiger partial charge is 0.340 e. The van der Waals surface area contributed by atoms with Crippen LogP contribution in [0, 0.1) is 18.6 Å². The molecule has 0 saturated carbocycles. The molecule has 0 bridgehead atoms. The second-order valence-electron chi connectivity index (χ2n) is 6.81. The minimum absolute atomic E-state index is 0.0946. The van der Waals surface area contributed by atoms with Crippen molar-refractivity contribution in [1.29, 1.82) is 0 Å². The molecule has 0 atom stereocenters. The minimum Gasteiger partial charge on any atom is -0.340 e. The lowest BCUT2D eigenvalue weighted by Gasteiger charge is -2.21. The van der Waals surface area contributed by atoms with E-state index in [1.165, 1.54) is 11.0 Å². The molecule has 0 unspecified atom stereocenters. The predicted molar refractivity (Wildman–Crippen MR) is 105 cm³/mol. The van der Waals surface area contributed by atoms with Gasteiger partial charge in [0.1, 0.15) is 11.3 Å². The van der Waals surface area contributed by atoms with Crippen LogP contribution in [0.2, 0.25) is 0 Å². The first-order valence-electron chi connectivity index (χ1n) is 8.79. The number of carbonyl (C=O) groups is 1. The zero-order valence-electron chi connectivity index (χ0n) is 15.6. The van der Waals surface area contributed by atoms with Crippen molar-refractivity contribution in [2.45, 2.75) is 13.3 Å². The number of thiazole rings is 1. The number of aromatic nitrogens is 1. The van der Waals surface area contributed by atoms with Crippen LogP contribution in [0.3, 0.4) is 0 Å². The van der Waals surface area contributed by atoms with E-state index in [4.69, 9.17) is 0 Å². The standard InChI is InChI=1S/C20H21F2N3OS/c1-13-7-4-5-8-15(13)19(26)25(10-6-9-24(2)3)20-23-18-16(22)11-14(21)12-17(18)27-20/h4-5,7-8,11-12H,6,9-10H2,1-3H3/p+1. The number of amides is 1. The highest BCUT2D eigenvalue weighted by Gasteiger charge is 2.23. The molecule has 1 heterocycles. The Morgan fingerprint density at radius 1 is 1.22 bits per heavy atom. The highest BCUT2D eigenvalue weighted by Crippen LogP contribution is 2.32. The number of hydrogen-bond acceptors (Lipinski definition) is 3. The third kappa shape index (κ3) is 4.31. The van der Waals surface area contributed by atoms with Gasteiger partial charge in [-0.3, -0.25) is 9.69 Å². The summed E-state index contributed by atoms with van der Waals surface area (Å²) >= 11 is 1.13. The van der Waals surface area contributed by atoms with Crippen LogP contribution in [-0.4, -0.2) is 38.1 Å². The van der Waals surface area contributed by atoms with Crippen molar-refractivity contribution in [3.8, 4) is 0 Å². The number of fused-ring (bicyclic) bond motifs is 1. The van der Waals surface area contributed by atoms with E-state index < -0.39 is 11.6 Å². The van der Waals surface area contributed by atoms with Gasteiger partial charge < -0.3 is 4.90 Å². The summed E-state index contributed by atoms with van der Waals surface area (Å²) in [5.74, 6) is -1.54. The van der Waals surface area contributed by atoms with E-state index in [0.717, 1.165) is 35.9 Å². The number of nitrogens with one attached hydrogen (secondary N) is 1. The maximum absolute atomic E-state index is 14.1. The van der Waals surface area contributed by atoms with Crippen molar-refractivity contribution in [2.24, 2.45) is 0 Å². The Hall–Kier alpha value is -2.38. The van der Waals surface area contributed by atoms with Crippen molar-refractivity contribution in [3.05, 3.63) is 59.2 Å². The molecule has 3 aromatic rings. The Balaban J connectivity index is 2.00. The van der Waals surface area contributed by atoms with E-state index >= 15 is 0 Å². The summed E-state index contributed by atoms with van der Waals surface area (Å²) in [5.41, 5.74) is 1.54. The number of carbonyl (C=O) groups excluding carboxylic acids is 1. The van der Waals surface area contributed by atoms with Gasteiger partial charge in [-0.15, -0.1) is 0 Å². The van der Waals surface area contributed by atoms with Gasteiger partial charge in [0, 0.05) is 24.6 Å². The van der Waals surface area contributed by atoms with Crippen LogP contribution >= 0.6 is 11.3 Å². The molecule has 1 aromatic heterocycles. The minimum atomic E-state index is -0.714. The molecule has 0 fully saturated rings. The van der Waals surface area contributed by atoms with Crippen molar-refractivity contribution < 1.29 is 18.5 Å². The number of anilines is 1. The fourth-order valence-electron chi connectivity index (χ4n) is 2.89. The van der Waals surface area contributed by atoms with Crippen LogP contribution in [0.15, 0.2) is 36.4 Å². The Kier molecular flexibility index (Phi) is 5.82. The van der Waals surface area contributed by atoms with Gasteiger partial charge >= 0.3 is 0 Å². The van der Waals surface area contributed by atoms with Crippen LogP contribution in [0.5, 0.6) is 0 Å². The first kappa shape index (κ1) is 19.4. The van der Waals surface area contributed by atoms with Crippen LogP contribution < -0.4 is 9.80 Å². The maximum atomic E-state index is 14.1. The van der Waals surface area contributed by atoms with Gasteiger partial charge in [0.05, 0.1) is 25.3 Å². The van der Waals surface area contributed by atoms with E-state index in [2.05, 4.69) is 4.98 Å². The molecule has 0 aliphatic carbocycles. The average Bonchev–Trinajstić information content (AvgIpc) is 3.02. The van der Waals surface area contributed by atoms with Crippen LogP contribution in [0.4, 0.5) is 13.9 Å². The van der Waals surface area contributed by atoms with Crippen molar-refractivity contribution in [2.75, 3.05) is 32.1 Å². The van der Waals surface area contributed by atoms with Gasteiger partial charge in [-0.25, -0.2) is 13.8 Å². The molecule has 0 aliphatic rings. The van der Waals surface area contributed by atoms with E-state index in [9.17, 15) is 13.6 Å². The molecule has 1 N–H and O–H groups in total. The molecule has 0 aliphatic heterocycles. The van der Waals surface area contributed by atoms with Crippen molar-refractivity contribution >= 4 is 32.6 Å². The molecule has 1 amide bonds. The summed E-state index contributed by atoms with van der Waals surface area (Å²) in [7, 11) is 4.09. The fourth-order valence-corrected chi connectivity index (χ4v) is 3.92. The number of hydrogen-bond donors (Lipinski definition) is 1. The Morgan fingerprint density at radius 2 is 1.96 bits per heavy atom. The van der Waals surface area contributed by atoms with E-state index in [-0.39, 0.29) is 11.4 Å². The number of halogens is 2. The third-order valence-electron chi connectivity index (χ3n) is 4.31. The number of quaternary nitrogens is 1. The average molecular weight is 390 g/mol. The van der Waals surface area contributed by atoms with Crippen LogP contribution in [-0.2, 0) is 0 Å². The maximum Gasteiger partial charge on any atom is 0.260 e. The molecule has 7 heteroatoms. The first-order chi connectivity index (χ1) is 12.9. The number of aryl methyl sites for hydroxylation is 1. The molecule has 0 spiro atoms. The second kappa shape index (κ2) is 8.10. The topological polar surface area (TPSA) is 37.6 Å². The summed E-state index contributed by atoms with van der Waals surface area (Å²) in [6.07, 6.45) is 0.771. The molecule has 0 saturated heterocycles. The molecule has 0 radical (unpaired) electrons. The first-order valence-corrected chi connectivity index (χ1v) is 9.60. The van der Waals surface area contributed by atoms with Gasteiger partial charge in [0.25, 0.3) is 5.91 Å². The molecule has 2 aromatic carbocycles. The smallest absolute Gasteiger partial charge is 0.260 e. The van der Waals surface area contributed by atoms with Gasteiger partial charge in [-0.2, -0.15) is 0 Å². The lowest BCUT2D eigenvalue weighted by atomic mass is 10.1.